The Morgan fingerprint density at radius 2 is 1.84 bits per heavy atom. The molecule has 1 N–H and O–H groups in total. The molecule has 4 aromatic rings. The fourth-order valence-corrected chi connectivity index (χ4v) is 4.69. The number of benzene rings is 3. The average Bonchev–Trinajstić information content (AvgIpc) is 3.41. The lowest BCUT2D eigenvalue weighted by atomic mass is 9.99. The van der Waals surface area contributed by atoms with Crippen molar-refractivity contribution in [2.45, 2.75) is 19.4 Å². The van der Waals surface area contributed by atoms with Crippen LogP contribution in [0.2, 0.25) is 0 Å². The van der Waals surface area contributed by atoms with Crippen molar-refractivity contribution in [1.82, 2.24) is 0 Å². The van der Waals surface area contributed by atoms with E-state index in [-0.39, 0.29) is 17.5 Å². The van der Waals surface area contributed by atoms with Crippen LogP contribution in [-0.4, -0.2) is 37.4 Å². The van der Waals surface area contributed by atoms with Gasteiger partial charge in [-0.2, -0.15) is 0 Å². The van der Waals surface area contributed by atoms with Crippen molar-refractivity contribution in [3.63, 3.8) is 0 Å². The zero-order chi connectivity index (χ0) is 25.8. The number of halogens is 2. The topological polar surface area (TPSA) is 72.1 Å². The van der Waals surface area contributed by atoms with Gasteiger partial charge in [-0.15, -0.1) is 0 Å². The highest BCUT2D eigenvalue weighted by Crippen LogP contribution is 2.33. The largest absolute Gasteiger partial charge is 0.489 e. The van der Waals surface area contributed by atoms with Crippen molar-refractivity contribution in [2.75, 3.05) is 31.2 Å². The van der Waals surface area contributed by atoms with Crippen molar-refractivity contribution < 1.29 is 32.6 Å². The van der Waals surface area contributed by atoms with Gasteiger partial charge in [0.05, 0.1) is 11.6 Å². The van der Waals surface area contributed by atoms with E-state index in [1.54, 1.807) is 24.3 Å². The van der Waals surface area contributed by atoms with E-state index >= 15 is 0 Å². The second-order valence-electron chi connectivity index (χ2n) is 9.20. The summed E-state index contributed by atoms with van der Waals surface area (Å²) in [6.45, 7) is 2.30. The Morgan fingerprint density at radius 3 is 2.59 bits per heavy atom. The molecule has 1 saturated heterocycles. The summed E-state index contributed by atoms with van der Waals surface area (Å²) in [6.07, 6.45) is 3.18. The molecule has 37 heavy (non-hydrogen) atoms. The van der Waals surface area contributed by atoms with Crippen LogP contribution in [0.1, 0.15) is 18.4 Å². The first-order chi connectivity index (χ1) is 18.0. The highest BCUT2D eigenvalue weighted by Gasteiger charge is 2.20. The number of ether oxygens (including phenoxy) is 2. The zero-order valence-corrected chi connectivity index (χ0v) is 20.2. The van der Waals surface area contributed by atoms with E-state index in [1.165, 1.54) is 12.3 Å². The summed E-state index contributed by atoms with van der Waals surface area (Å²) >= 11 is 0. The number of rotatable bonds is 9. The normalized spacial score (nSPS) is 14.1. The Labute approximate surface area is 213 Å². The predicted octanol–water partition coefficient (Wildman–Crippen LogP) is 6.27. The monoisotopic (exact) mass is 507 g/mol. The molecule has 0 atom stereocenters. The van der Waals surface area contributed by atoms with Gasteiger partial charge in [-0.25, -0.2) is 8.78 Å². The Kier molecular flexibility index (Phi) is 7.37. The van der Waals surface area contributed by atoms with Crippen LogP contribution in [-0.2, 0) is 16.1 Å². The van der Waals surface area contributed by atoms with E-state index < -0.39 is 17.6 Å². The molecule has 8 heteroatoms. The summed E-state index contributed by atoms with van der Waals surface area (Å²) < 4.78 is 44.9. The number of aliphatic carboxylic acids is 1. The summed E-state index contributed by atoms with van der Waals surface area (Å²) in [4.78, 5) is 13.4. The molecule has 0 aliphatic carbocycles. The van der Waals surface area contributed by atoms with Crippen LogP contribution in [0.15, 0.2) is 71.3 Å². The number of anilines is 1. The minimum atomic E-state index is -0.933. The van der Waals surface area contributed by atoms with Crippen LogP contribution in [0.3, 0.4) is 0 Å². The molecule has 1 fully saturated rings. The molecule has 6 nitrogen and oxygen atoms in total. The van der Waals surface area contributed by atoms with Gasteiger partial charge in [-0.05, 0) is 66.3 Å². The van der Waals surface area contributed by atoms with Gasteiger partial charge >= 0.3 is 5.97 Å². The molecule has 0 bridgehead atoms. The van der Waals surface area contributed by atoms with Crippen molar-refractivity contribution in [1.29, 1.82) is 0 Å². The van der Waals surface area contributed by atoms with Crippen LogP contribution in [0.5, 0.6) is 5.75 Å². The van der Waals surface area contributed by atoms with Crippen molar-refractivity contribution in [3.05, 3.63) is 84.1 Å². The number of carboxylic acid groups (broad SMARTS) is 1. The molecule has 1 aromatic heterocycles. The van der Waals surface area contributed by atoms with Crippen LogP contribution >= 0.6 is 0 Å². The van der Waals surface area contributed by atoms with E-state index in [0.717, 1.165) is 30.2 Å². The van der Waals surface area contributed by atoms with Gasteiger partial charge < -0.3 is 23.9 Å². The fourth-order valence-electron chi connectivity index (χ4n) is 4.69. The first-order valence-corrected chi connectivity index (χ1v) is 12.2. The number of hydrogen-bond acceptors (Lipinski definition) is 5. The molecule has 0 spiro atoms. The minimum absolute atomic E-state index is 0.0734. The van der Waals surface area contributed by atoms with Crippen molar-refractivity contribution >= 4 is 22.6 Å². The third-order valence-corrected chi connectivity index (χ3v) is 6.62. The van der Waals surface area contributed by atoms with Crippen molar-refractivity contribution in [3.8, 4) is 16.9 Å². The molecule has 2 heterocycles. The third kappa shape index (κ3) is 5.75. The SMILES string of the molecule is O=C(O)CN(CC1CCOCC1)c1cccc(COc2ccc(-c3cc(F)c(F)c4ccoc34)cc2)c1. The number of nitrogens with zero attached hydrogens (tertiary/aromatic N) is 1. The number of hydrogen-bond donors (Lipinski definition) is 1. The third-order valence-electron chi connectivity index (χ3n) is 6.62. The Hall–Kier alpha value is -3.91. The number of carbonyl (C=O) groups is 1. The van der Waals surface area contributed by atoms with Gasteiger partial charge in [0.25, 0.3) is 0 Å². The van der Waals surface area contributed by atoms with E-state index in [1.807, 2.05) is 29.2 Å². The summed E-state index contributed by atoms with van der Waals surface area (Å²) in [5.41, 5.74) is 3.16. The molecule has 0 amide bonds. The molecule has 0 saturated carbocycles. The molecule has 5 rings (SSSR count). The lowest BCUT2D eigenvalue weighted by Gasteiger charge is -2.30. The van der Waals surface area contributed by atoms with Gasteiger partial charge in [0, 0.05) is 31.0 Å². The van der Waals surface area contributed by atoms with Crippen LogP contribution < -0.4 is 9.64 Å². The van der Waals surface area contributed by atoms with E-state index in [9.17, 15) is 18.7 Å². The molecule has 1 aliphatic rings. The summed E-state index contributed by atoms with van der Waals surface area (Å²) in [5, 5.41) is 9.54. The fraction of sp³-hybridized carbons (Fsp3) is 0.276. The minimum Gasteiger partial charge on any atom is -0.489 e. The zero-order valence-electron chi connectivity index (χ0n) is 20.2. The van der Waals surface area contributed by atoms with Gasteiger partial charge in [-0.3, -0.25) is 4.79 Å². The van der Waals surface area contributed by atoms with Crippen LogP contribution in [0, 0.1) is 17.6 Å². The number of carboxylic acids is 1. The Morgan fingerprint density at radius 1 is 1.05 bits per heavy atom. The van der Waals surface area contributed by atoms with E-state index in [2.05, 4.69) is 0 Å². The molecular formula is C29H27F2NO5. The molecule has 0 unspecified atom stereocenters. The quantitative estimate of drug-likeness (QED) is 0.288. The van der Waals surface area contributed by atoms with E-state index in [4.69, 9.17) is 13.9 Å². The molecule has 0 radical (unpaired) electrons. The summed E-state index contributed by atoms with van der Waals surface area (Å²) in [6, 6.07) is 17.3. The number of fused-ring (bicyclic) bond motifs is 1. The van der Waals surface area contributed by atoms with Crippen LogP contribution in [0.25, 0.3) is 22.1 Å². The lowest BCUT2D eigenvalue weighted by Crippen LogP contribution is -2.36. The van der Waals surface area contributed by atoms with E-state index in [0.29, 0.717) is 49.2 Å². The first kappa shape index (κ1) is 24.8. The Balaban J connectivity index is 1.28. The summed E-state index contributed by atoms with van der Waals surface area (Å²) in [7, 11) is 0. The average molecular weight is 508 g/mol. The van der Waals surface area contributed by atoms with Gasteiger partial charge in [0.15, 0.2) is 11.6 Å². The standard InChI is InChI=1S/C29H27F2NO5/c30-26-15-25(29-24(28(26)31)10-13-36-29)21-4-6-23(7-5-21)37-18-20-2-1-3-22(14-20)32(17-27(33)34)16-19-8-11-35-12-9-19/h1-7,10,13-15,19H,8-9,11-12,16-18H2,(H,33,34). The predicted molar refractivity (Wildman–Crippen MR) is 136 cm³/mol. The maximum Gasteiger partial charge on any atom is 0.323 e. The molecular weight excluding hydrogens is 480 g/mol. The second-order valence-corrected chi connectivity index (χ2v) is 9.20. The second kappa shape index (κ2) is 11.0. The Bertz CT molecular complexity index is 1380. The van der Waals surface area contributed by atoms with Gasteiger partial charge in [0.2, 0.25) is 0 Å². The van der Waals surface area contributed by atoms with Gasteiger partial charge in [0.1, 0.15) is 24.5 Å². The van der Waals surface area contributed by atoms with Crippen molar-refractivity contribution in [2.24, 2.45) is 5.92 Å². The molecule has 1 aliphatic heterocycles. The van der Waals surface area contributed by atoms with Crippen LogP contribution in [0.4, 0.5) is 14.5 Å². The maximum atomic E-state index is 14.1. The highest BCUT2D eigenvalue weighted by molar-refractivity contribution is 5.93. The lowest BCUT2D eigenvalue weighted by molar-refractivity contribution is -0.135. The molecule has 3 aromatic carbocycles. The smallest absolute Gasteiger partial charge is 0.323 e. The molecule has 192 valence electrons. The highest BCUT2D eigenvalue weighted by atomic mass is 19.2. The maximum absolute atomic E-state index is 14.1. The number of furan rings is 1. The summed E-state index contributed by atoms with van der Waals surface area (Å²) in [5.74, 6) is -1.73. The first-order valence-electron chi connectivity index (χ1n) is 12.2. The van der Waals surface area contributed by atoms with Gasteiger partial charge in [-0.1, -0.05) is 24.3 Å².